The lowest BCUT2D eigenvalue weighted by Crippen LogP contribution is -2.30. The molecule has 3 N–H and O–H groups in total. The SMILES string of the molecule is NNC(c1cccc2c1OCC2)c1c(F)cc(Br)cc1F. The first-order chi connectivity index (χ1) is 10.1. The third-order valence-electron chi connectivity index (χ3n) is 3.56. The number of fused-ring (bicyclic) bond motifs is 1. The molecule has 1 atom stereocenters. The van der Waals surface area contributed by atoms with Crippen LogP contribution < -0.4 is 16.0 Å². The molecule has 0 radical (unpaired) electrons. The van der Waals surface area contributed by atoms with Crippen LogP contribution in [0.4, 0.5) is 8.78 Å². The summed E-state index contributed by atoms with van der Waals surface area (Å²) in [4.78, 5) is 0. The van der Waals surface area contributed by atoms with Crippen LogP contribution >= 0.6 is 15.9 Å². The molecule has 0 saturated carbocycles. The molecule has 0 bridgehead atoms. The predicted octanol–water partition coefficient (Wildman–Crippen LogP) is 3.21. The van der Waals surface area contributed by atoms with E-state index >= 15 is 0 Å². The van der Waals surface area contributed by atoms with Gasteiger partial charge in [0.25, 0.3) is 0 Å². The van der Waals surface area contributed by atoms with E-state index in [0.717, 1.165) is 12.0 Å². The van der Waals surface area contributed by atoms with Crippen LogP contribution in [-0.4, -0.2) is 6.61 Å². The van der Waals surface area contributed by atoms with E-state index in [2.05, 4.69) is 21.4 Å². The van der Waals surface area contributed by atoms with Gasteiger partial charge in [-0.3, -0.25) is 5.84 Å². The van der Waals surface area contributed by atoms with Crippen LogP contribution in [0, 0.1) is 11.6 Å². The Morgan fingerprint density at radius 3 is 2.62 bits per heavy atom. The van der Waals surface area contributed by atoms with Crippen molar-refractivity contribution in [1.29, 1.82) is 0 Å². The fourth-order valence-electron chi connectivity index (χ4n) is 2.63. The van der Waals surface area contributed by atoms with E-state index in [9.17, 15) is 8.78 Å². The molecule has 0 aliphatic carbocycles. The zero-order valence-electron chi connectivity index (χ0n) is 11.0. The Morgan fingerprint density at radius 2 is 1.95 bits per heavy atom. The van der Waals surface area contributed by atoms with Crippen LogP contribution in [0.15, 0.2) is 34.8 Å². The lowest BCUT2D eigenvalue weighted by molar-refractivity contribution is 0.349. The molecule has 21 heavy (non-hydrogen) atoms. The molecule has 1 aliphatic heterocycles. The van der Waals surface area contributed by atoms with Crippen LogP contribution in [0.1, 0.15) is 22.7 Å². The summed E-state index contributed by atoms with van der Waals surface area (Å²) in [5.41, 5.74) is 4.02. The van der Waals surface area contributed by atoms with Gasteiger partial charge >= 0.3 is 0 Å². The number of nitrogens with two attached hydrogens (primary N) is 1. The van der Waals surface area contributed by atoms with Gasteiger partial charge in [-0.1, -0.05) is 34.1 Å². The van der Waals surface area contributed by atoms with E-state index in [1.807, 2.05) is 12.1 Å². The van der Waals surface area contributed by atoms with Crippen molar-refractivity contribution < 1.29 is 13.5 Å². The van der Waals surface area contributed by atoms with Gasteiger partial charge in [-0.15, -0.1) is 0 Å². The molecule has 0 spiro atoms. The van der Waals surface area contributed by atoms with Gasteiger partial charge in [0.1, 0.15) is 17.4 Å². The van der Waals surface area contributed by atoms with E-state index < -0.39 is 17.7 Å². The third-order valence-corrected chi connectivity index (χ3v) is 4.01. The van der Waals surface area contributed by atoms with E-state index in [0.29, 0.717) is 22.4 Å². The summed E-state index contributed by atoms with van der Waals surface area (Å²) in [5, 5.41) is 0. The number of hydrogen-bond donors (Lipinski definition) is 2. The van der Waals surface area contributed by atoms with Gasteiger partial charge in [0, 0.05) is 22.0 Å². The normalized spacial score (nSPS) is 14.7. The summed E-state index contributed by atoms with van der Waals surface area (Å²) in [7, 11) is 0. The van der Waals surface area contributed by atoms with Crippen LogP contribution in [-0.2, 0) is 6.42 Å². The first kappa shape index (κ1) is 14.4. The van der Waals surface area contributed by atoms with E-state index in [1.54, 1.807) is 6.07 Å². The van der Waals surface area contributed by atoms with Gasteiger partial charge in [0.15, 0.2) is 0 Å². The Balaban J connectivity index is 2.14. The molecule has 1 heterocycles. The smallest absolute Gasteiger partial charge is 0.132 e. The minimum atomic E-state index is -0.814. The number of para-hydroxylation sites is 1. The molecule has 2 aromatic rings. The van der Waals surface area contributed by atoms with Crippen LogP contribution in [0.5, 0.6) is 5.75 Å². The maximum Gasteiger partial charge on any atom is 0.132 e. The number of rotatable bonds is 3. The number of hydrazine groups is 1. The Labute approximate surface area is 129 Å². The Morgan fingerprint density at radius 1 is 1.24 bits per heavy atom. The van der Waals surface area contributed by atoms with Crippen molar-refractivity contribution >= 4 is 15.9 Å². The second-order valence-corrected chi connectivity index (χ2v) is 5.73. The predicted molar refractivity (Wildman–Crippen MR) is 78.9 cm³/mol. The molecule has 0 fully saturated rings. The molecule has 2 aromatic carbocycles. The van der Waals surface area contributed by atoms with Gasteiger partial charge in [0.2, 0.25) is 0 Å². The maximum absolute atomic E-state index is 14.2. The van der Waals surface area contributed by atoms with Gasteiger partial charge in [-0.2, -0.15) is 0 Å². The van der Waals surface area contributed by atoms with Crippen molar-refractivity contribution in [2.24, 2.45) is 5.84 Å². The van der Waals surface area contributed by atoms with Gasteiger partial charge in [-0.25, -0.2) is 14.2 Å². The Hall–Kier alpha value is -1.50. The van der Waals surface area contributed by atoms with E-state index in [-0.39, 0.29) is 5.56 Å². The number of hydrogen-bond acceptors (Lipinski definition) is 3. The quantitative estimate of drug-likeness (QED) is 0.657. The van der Waals surface area contributed by atoms with Gasteiger partial charge < -0.3 is 4.74 Å². The minimum absolute atomic E-state index is 0.121. The summed E-state index contributed by atoms with van der Waals surface area (Å²) in [6.45, 7) is 0.564. The van der Waals surface area contributed by atoms with Crippen molar-refractivity contribution in [2.75, 3.05) is 6.61 Å². The number of benzene rings is 2. The van der Waals surface area contributed by atoms with E-state index in [1.165, 1.54) is 12.1 Å². The zero-order chi connectivity index (χ0) is 15.0. The fraction of sp³-hybridized carbons (Fsp3) is 0.200. The minimum Gasteiger partial charge on any atom is -0.493 e. The highest BCUT2D eigenvalue weighted by Crippen LogP contribution is 2.37. The fourth-order valence-corrected chi connectivity index (χ4v) is 3.03. The van der Waals surface area contributed by atoms with Crippen LogP contribution in [0.3, 0.4) is 0 Å². The molecule has 3 rings (SSSR count). The summed E-state index contributed by atoms with van der Waals surface area (Å²) in [6.07, 6.45) is 0.783. The first-order valence-corrected chi connectivity index (χ1v) is 7.26. The molecule has 3 nitrogen and oxygen atoms in total. The average molecular weight is 355 g/mol. The van der Waals surface area contributed by atoms with Crippen molar-refractivity contribution in [1.82, 2.24) is 5.43 Å². The summed E-state index contributed by atoms with van der Waals surface area (Å²) < 4.78 is 34.3. The molecule has 0 saturated heterocycles. The summed E-state index contributed by atoms with van der Waals surface area (Å²) >= 11 is 3.07. The van der Waals surface area contributed by atoms with Gasteiger partial charge in [-0.05, 0) is 17.7 Å². The molecule has 1 aliphatic rings. The standard InChI is InChI=1S/C15H13BrF2N2O/c16-9-6-11(17)13(12(18)7-9)14(20-19)10-3-1-2-8-4-5-21-15(8)10/h1-3,6-7,14,20H,4-5,19H2. The Bertz CT molecular complexity index is 670. The molecule has 1 unspecified atom stereocenters. The molecule has 6 heteroatoms. The molecule has 0 amide bonds. The van der Waals surface area contributed by atoms with Crippen LogP contribution in [0.25, 0.3) is 0 Å². The highest BCUT2D eigenvalue weighted by Gasteiger charge is 2.27. The zero-order valence-corrected chi connectivity index (χ0v) is 12.6. The highest BCUT2D eigenvalue weighted by molar-refractivity contribution is 9.10. The molecular weight excluding hydrogens is 342 g/mol. The number of halogens is 3. The number of ether oxygens (including phenoxy) is 1. The first-order valence-electron chi connectivity index (χ1n) is 6.47. The van der Waals surface area contributed by atoms with Crippen molar-refractivity contribution in [2.45, 2.75) is 12.5 Å². The van der Waals surface area contributed by atoms with Crippen molar-refractivity contribution in [3.05, 3.63) is 63.1 Å². The maximum atomic E-state index is 14.2. The monoisotopic (exact) mass is 354 g/mol. The second-order valence-electron chi connectivity index (χ2n) is 4.82. The average Bonchev–Trinajstić information content (AvgIpc) is 2.91. The topological polar surface area (TPSA) is 47.3 Å². The third kappa shape index (κ3) is 2.54. The summed E-state index contributed by atoms with van der Waals surface area (Å²) in [6, 6.07) is 7.15. The number of nitrogens with one attached hydrogen (secondary N) is 1. The highest BCUT2D eigenvalue weighted by atomic mass is 79.9. The summed E-state index contributed by atoms with van der Waals surface area (Å²) in [5.74, 6) is 4.88. The van der Waals surface area contributed by atoms with Crippen LogP contribution in [0.2, 0.25) is 0 Å². The lowest BCUT2D eigenvalue weighted by Gasteiger charge is -2.20. The van der Waals surface area contributed by atoms with E-state index in [4.69, 9.17) is 10.6 Å². The molecule has 0 aromatic heterocycles. The molecule has 110 valence electrons. The second kappa shape index (κ2) is 5.71. The largest absolute Gasteiger partial charge is 0.493 e. The molecular formula is C15H13BrF2N2O. The Kier molecular flexibility index (Phi) is 3.93. The van der Waals surface area contributed by atoms with Crippen molar-refractivity contribution in [3.8, 4) is 5.75 Å². The van der Waals surface area contributed by atoms with Crippen molar-refractivity contribution in [3.63, 3.8) is 0 Å². The lowest BCUT2D eigenvalue weighted by atomic mass is 9.95. The van der Waals surface area contributed by atoms with Gasteiger partial charge in [0.05, 0.1) is 12.6 Å².